The fraction of sp³-hybridized carbons (Fsp3) is 0.250. The monoisotopic (exact) mass is 202 g/mol. The molecule has 0 heterocycles. The number of ether oxygens (including phenoxy) is 1. The molecule has 0 aromatic heterocycles. The van der Waals surface area contributed by atoms with Gasteiger partial charge < -0.3 is 8.92 Å². The Balaban J connectivity index is 2.84. The van der Waals surface area contributed by atoms with Crippen molar-refractivity contribution in [1.29, 1.82) is 0 Å². The van der Waals surface area contributed by atoms with E-state index in [1.165, 1.54) is 0 Å². The molecular weight excluding hydrogens is 192 g/mol. The third-order valence-corrected chi connectivity index (χ3v) is 1.63. The molecule has 1 aromatic rings. The first-order valence-electron chi connectivity index (χ1n) is 3.75. The lowest BCUT2D eigenvalue weighted by atomic mass is 10.3. The Kier molecular flexibility index (Phi) is 3.72. The highest BCUT2D eigenvalue weighted by Crippen LogP contribution is 2.26. The number of para-hydroxylation sites is 2. The van der Waals surface area contributed by atoms with Crippen LogP contribution in [0.4, 0.5) is 0 Å². The SMILES string of the molecule is CCOc1ccccc1OS(=O)O. The van der Waals surface area contributed by atoms with Crippen LogP contribution in [-0.2, 0) is 11.4 Å². The molecule has 0 amide bonds. The Morgan fingerprint density at radius 3 is 2.54 bits per heavy atom. The molecule has 0 aliphatic rings. The zero-order chi connectivity index (χ0) is 9.68. The second-order valence-corrected chi connectivity index (χ2v) is 2.78. The zero-order valence-electron chi connectivity index (χ0n) is 7.10. The first-order chi connectivity index (χ1) is 6.24. The second-order valence-electron chi connectivity index (χ2n) is 2.18. The van der Waals surface area contributed by atoms with Crippen LogP contribution in [0.15, 0.2) is 24.3 Å². The predicted molar refractivity (Wildman–Crippen MR) is 49.0 cm³/mol. The molecule has 13 heavy (non-hydrogen) atoms. The molecule has 1 N–H and O–H groups in total. The van der Waals surface area contributed by atoms with Crippen LogP contribution in [0, 0.1) is 0 Å². The van der Waals surface area contributed by atoms with Gasteiger partial charge in [-0.15, -0.1) is 0 Å². The minimum absolute atomic E-state index is 0.269. The Labute approximate surface area is 79.0 Å². The summed E-state index contributed by atoms with van der Waals surface area (Å²) >= 11 is -2.31. The number of benzene rings is 1. The van der Waals surface area contributed by atoms with Crippen molar-refractivity contribution in [2.45, 2.75) is 6.92 Å². The van der Waals surface area contributed by atoms with E-state index in [2.05, 4.69) is 4.18 Å². The van der Waals surface area contributed by atoms with Crippen LogP contribution in [-0.4, -0.2) is 15.4 Å². The summed E-state index contributed by atoms with van der Waals surface area (Å²) in [7, 11) is 0. The first kappa shape index (κ1) is 10.0. The van der Waals surface area contributed by atoms with Gasteiger partial charge >= 0.3 is 11.4 Å². The maximum absolute atomic E-state index is 10.4. The van der Waals surface area contributed by atoms with Crippen molar-refractivity contribution in [3.63, 3.8) is 0 Å². The van der Waals surface area contributed by atoms with Gasteiger partial charge in [-0.25, -0.2) is 0 Å². The lowest BCUT2D eigenvalue weighted by Gasteiger charge is -2.07. The number of rotatable bonds is 4. The van der Waals surface area contributed by atoms with Gasteiger partial charge in [0.2, 0.25) is 0 Å². The Hall–Kier alpha value is -1.07. The first-order valence-corrected chi connectivity index (χ1v) is 4.78. The summed E-state index contributed by atoms with van der Waals surface area (Å²) in [5, 5.41) is 0. The Bertz CT molecular complexity index is 300. The molecule has 0 aliphatic heterocycles. The van der Waals surface area contributed by atoms with E-state index in [1.807, 2.05) is 6.92 Å². The molecule has 0 aliphatic carbocycles. The third-order valence-electron chi connectivity index (χ3n) is 1.31. The molecule has 1 unspecified atom stereocenters. The van der Waals surface area contributed by atoms with Gasteiger partial charge in [-0.05, 0) is 19.1 Å². The van der Waals surface area contributed by atoms with Gasteiger partial charge in [0, 0.05) is 0 Å². The van der Waals surface area contributed by atoms with E-state index < -0.39 is 11.4 Å². The van der Waals surface area contributed by atoms with E-state index in [0.29, 0.717) is 12.4 Å². The van der Waals surface area contributed by atoms with E-state index >= 15 is 0 Å². The van der Waals surface area contributed by atoms with Crippen LogP contribution in [0.5, 0.6) is 11.5 Å². The molecule has 5 heteroatoms. The minimum atomic E-state index is -2.31. The van der Waals surface area contributed by atoms with Gasteiger partial charge in [0.15, 0.2) is 11.5 Å². The normalized spacial score (nSPS) is 12.2. The van der Waals surface area contributed by atoms with Crippen LogP contribution in [0.25, 0.3) is 0 Å². The second kappa shape index (κ2) is 4.84. The lowest BCUT2D eigenvalue weighted by molar-refractivity contribution is 0.326. The van der Waals surface area contributed by atoms with Crippen molar-refractivity contribution in [3.8, 4) is 11.5 Å². The topological polar surface area (TPSA) is 55.8 Å². The lowest BCUT2D eigenvalue weighted by Crippen LogP contribution is -2.00. The fourth-order valence-electron chi connectivity index (χ4n) is 0.871. The summed E-state index contributed by atoms with van der Waals surface area (Å²) in [6.45, 7) is 2.31. The van der Waals surface area contributed by atoms with Crippen LogP contribution in [0.1, 0.15) is 6.92 Å². The highest BCUT2D eigenvalue weighted by atomic mass is 32.2. The number of hydrogen-bond acceptors (Lipinski definition) is 3. The third kappa shape index (κ3) is 3.04. The Morgan fingerprint density at radius 2 is 2.00 bits per heavy atom. The molecular formula is C8H10O4S. The maximum Gasteiger partial charge on any atom is 0.357 e. The van der Waals surface area contributed by atoms with Gasteiger partial charge in [0.05, 0.1) is 6.61 Å². The molecule has 4 nitrogen and oxygen atoms in total. The Morgan fingerprint density at radius 1 is 1.38 bits per heavy atom. The molecule has 0 radical (unpaired) electrons. The van der Waals surface area contributed by atoms with Gasteiger partial charge in [0.25, 0.3) is 0 Å². The molecule has 0 saturated carbocycles. The van der Waals surface area contributed by atoms with E-state index in [4.69, 9.17) is 9.29 Å². The van der Waals surface area contributed by atoms with Crippen LogP contribution in [0.3, 0.4) is 0 Å². The standard InChI is InChI=1S/C8H10O4S/c1-2-11-7-5-3-4-6-8(7)12-13(9)10/h3-6H,2H2,1H3,(H,9,10). The van der Waals surface area contributed by atoms with Crippen molar-refractivity contribution in [3.05, 3.63) is 24.3 Å². The number of hydrogen-bond donors (Lipinski definition) is 1. The zero-order valence-corrected chi connectivity index (χ0v) is 7.91. The quantitative estimate of drug-likeness (QED) is 0.753. The van der Waals surface area contributed by atoms with Gasteiger partial charge in [0.1, 0.15) is 0 Å². The molecule has 1 rings (SSSR count). The molecule has 0 spiro atoms. The molecule has 0 fully saturated rings. The highest BCUT2D eigenvalue weighted by molar-refractivity contribution is 7.74. The molecule has 1 aromatic carbocycles. The van der Waals surface area contributed by atoms with E-state index in [0.717, 1.165) is 0 Å². The van der Waals surface area contributed by atoms with Crippen molar-refractivity contribution in [2.75, 3.05) is 6.61 Å². The summed E-state index contributed by atoms with van der Waals surface area (Å²) in [6, 6.07) is 6.70. The summed E-state index contributed by atoms with van der Waals surface area (Å²) in [4.78, 5) is 0. The van der Waals surface area contributed by atoms with Crippen LogP contribution in [0.2, 0.25) is 0 Å². The van der Waals surface area contributed by atoms with Crippen LogP contribution >= 0.6 is 0 Å². The van der Waals surface area contributed by atoms with Gasteiger partial charge in [-0.1, -0.05) is 12.1 Å². The largest absolute Gasteiger partial charge is 0.490 e. The van der Waals surface area contributed by atoms with E-state index in [9.17, 15) is 4.21 Å². The molecule has 72 valence electrons. The van der Waals surface area contributed by atoms with Crippen molar-refractivity contribution in [1.82, 2.24) is 0 Å². The average molecular weight is 202 g/mol. The van der Waals surface area contributed by atoms with E-state index in [1.54, 1.807) is 24.3 Å². The van der Waals surface area contributed by atoms with E-state index in [-0.39, 0.29) is 5.75 Å². The highest BCUT2D eigenvalue weighted by Gasteiger charge is 2.05. The van der Waals surface area contributed by atoms with Crippen molar-refractivity contribution >= 4 is 11.4 Å². The maximum atomic E-state index is 10.4. The van der Waals surface area contributed by atoms with Gasteiger partial charge in [-0.3, -0.25) is 4.55 Å². The average Bonchev–Trinajstić information content (AvgIpc) is 2.08. The summed E-state index contributed by atoms with van der Waals surface area (Å²) < 4.78 is 28.6. The van der Waals surface area contributed by atoms with Crippen LogP contribution < -0.4 is 8.92 Å². The summed E-state index contributed by atoms with van der Waals surface area (Å²) in [5.41, 5.74) is 0. The summed E-state index contributed by atoms with van der Waals surface area (Å²) in [6.07, 6.45) is 0. The predicted octanol–water partition coefficient (Wildman–Crippen LogP) is 1.60. The molecule has 1 atom stereocenters. The van der Waals surface area contributed by atoms with Crippen molar-refractivity contribution in [2.24, 2.45) is 0 Å². The smallest absolute Gasteiger partial charge is 0.357 e. The minimum Gasteiger partial charge on any atom is -0.490 e. The van der Waals surface area contributed by atoms with Gasteiger partial charge in [-0.2, -0.15) is 4.21 Å². The molecule has 0 saturated heterocycles. The molecule has 0 bridgehead atoms. The summed E-state index contributed by atoms with van der Waals surface area (Å²) in [5.74, 6) is 0.734. The van der Waals surface area contributed by atoms with Crippen molar-refractivity contribution < 1.29 is 17.7 Å². The fourth-order valence-corrected chi connectivity index (χ4v) is 1.16.